The number of thiazole rings is 1. The molecule has 0 unspecified atom stereocenters. The van der Waals surface area contributed by atoms with E-state index in [-0.39, 0.29) is 0 Å². The highest BCUT2D eigenvalue weighted by atomic mass is 79.9. The maximum atomic E-state index is 12.1. The molecule has 5 nitrogen and oxygen atoms in total. The first-order valence-corrected chi connectivity index (χ1v) is 10.0. The molecule has 0 saturated carbocycles. The smallest absolute Gasteiger partial charge is 0.343 e. The highest BCUT2D eigenvalue weighted by molar-refractivity contribution is 9.10. The predicted molar refractivity (Wildman–Crippen MR) is 116 cm³/mol. The van der Waals surface area contributed by atoms with Gasteiger partial charge in [-0.2, -0.15) is 5.10 Å². The average molecular weight is 452 g/mol. The molecule has 0 amide bonds. The van der Waals surface area contributed by atoms with Crippen LogP contribution < -0.4 is 10.2 Å². The second kappa shape index (κ2) is 8.33. The molecule has 3 aromatic carbocycles. The quantitative estimate of drug-likeness (QED) is 0.182. The Labute approximate surface area is 173 Å². The highest BCUT2D eigenvalue weighted by Gasteiger charge is 2.08. The van der Waals surface area contributed by atoms with E-state index >= 15 is 0 Å². The zero-order valence-corrected chi connectivity index (χ0v) is 16.9. The fraction of sp³-hybridized carbons (Fsp3) is 0. The van der Waals surface area contributed by atoms with Crippen molar-refractivity contribution in [3.8, 4) is 5.75 Å². The number of carbonyl (C=O) groups excluding carboxylic acids is 1. The summed E-state index contributed by atoms with van der Waals surface area (Å²) in [5.74, 6) is 0.0793. The second-order valence-corrected chi connectivity index (χ2v) is 7.77. The molecule has 1 heterocycles. The summed E-state index contributed by atoms with van der Waals surface area (Å²) in [6.07, 6.45) is 1.69. The van der Waals surface area contributed by atoms with Gasteiger partial charge in [-0.1, -0.05) is 39.4 Å². The summed E-state index contributed by atoms with van der Waals surface area (Å²) < 4.78 is 7.40. The van der Waals surface area contributed by atoms with Crippen LogP contribution in [-0.4, -0.2) is 17.2 Å². The Hall–Kier alpha value is -3.03. The number of esters is 1. The molecule has 0 spiro atoms. The van der Waals surface area contributed by atoms with Gasteiger partial charge in [0.1, 0.15) is 5.75 Å². The third-order valence-electron chi connectivity index (χ3n) is 3.84. The van der Waals surface area contributed by atoms with Gasteiger partial charge in [0.25, 0.3) is 0 Å². The third-order valence-corrected chi connectivity index (χ3v) is 5.31. The van der Waals surface area contributed by atoms with E-state index in [1.54, 1.807) is 53.9 Å². The summed E-state index contributed by atoms with van der Waals surface area (Å²) in [7, 11) is 0. The van der Waals surface area contributed by atoms with Gasteiger partial charge in [0.2, 0.25) is 5.13 Å². The average Bonchev–Trinajstić information content (AvgIpc) is 3.12. The summed E-state index contributed by atoms with van der Waals surface area (Å²) in [5.41, 5.74) is 5.26. The molecule has 7 heteroatoms. The molecule has 1 aromatic heterocycles. The molecule has 0 bridgehead atoms. The molecule has 4 rings (SSSR count). The Morgan fingerprint density at radius 3 is 2.54 bits per heavy atom. The van der Waals surface area contributed by atoms with Crippen molar-refractivity contribution in [2.24, 2.45) is 5.10 Å². The minimum absolute atomic E-state index is 0.397. The molecular weight excluding hydrogens is 438 g/mol. The Morgan fingerprint density at radius 2 is 1.79 bits per heavy atom. The molecule has 138 valence electrons. The van der Waals surface area contributed by atoms with E-state index < -0.39 is 5.97 Å². The number of hydrogen-bond acceptors (Lipinski definition) is 6. The summed E-state index contributed by atoms with van der Waals surface area (Å²) in [4.78, 5) is 16.6. The van der Waals surface area contributed by atoms with E-state index in [0.717, 1.165) is 25.4 Å². The number of aromatic nitrogens is 1. The minimum Gasteiger partial charge on any atom is -0.423 e. The standard InChI is InChI=1S/C21H14BrN3O2S/c22-16-9-7-15(8-10-16)20(26)27-17-11-5-14(6-12-17)13-23-25-21-24-18-3-1-2-4-19(18)28-21/h1-13H,(H,24,25)/b23-13-. The van der Waals surface area contributed by atoms with Crippen molar-refractivity contribution in [2.75, 3.05) is 5.43 Å². The van der Waals surface area contributed by atoms with Gasteiger partial charge < -0.3 is 4.74 Å². The van der Waals surface area contributed by atoms with Crippen LogP contribution in [-0.2, 0) is 0 Å². The number of ether oxygens (including phenoxy) is 1. The van der Waals surface area contributed by atoms with E-state index in [2.05, 4.69) is 31.4 Å². The van der Waals surface area contributed by atoms with Crippen molar-refractivity contribution in [3.05, 3.63) is 88.4 Å². The van der Waals surface area contributed by atoms with Crippen LogP contribution in [0.3, 0.4) is 0 Å². The number of para-hydroxylation sites is 1. The number of hydrazone groups is 1. The fourth-order valence-corrected chi connectivity index (χ4v) is 3.54. The number of nitrogens with one attached hydrogen (secondary N) is 1. The number of nitrogens with zero attached hydrogens (tertiary/aromatic N) is 2. The van der Waals surface area contributed by atoms with Crippen LogP contribution in [0, 0.1) is 0 Å². The summed E-state index contributed by atoms with van der Waals surface area (Å²) in [5, 5.41) is 4.95. The Morgan fingerprint density at radius 1 is 1.04 bits per heavy atom. The van der Waals surface area contributed by atoms with E-state index in [0.29, 0.717) is 11.3 Å². The first kappa shape index (κ1) is 18.3. The number of halogens is 1. The maximum Gasteiger partial charge on any atom is 0.343 e. The van der Waals surface area contributed by atoms with Crippen molar-refractivity contribution in [1.29, 1.82) is 0 Å². The van der Waals surface area contributed by atoms with Crippen molar-refractivity contribution in [2.45, 2.75) is 0 Å². The number of anilines is 1. The van der Waals surface area contributed by atoms with Gasteiger partial charge in [-0.3, -0.25) is 5.43 Å². The predicted octanol–water partition coefficient (Wildman–Crippen LogP) is 5.72. The molecule has 0 fully saturated rings. The molecular formula is C21H14BrN3O2S. The third kappa shape index (κ3) is 4.44. The van der Waals surface area contributed by atoms with Crippen LogP contribution in [0.1, 0.15) is 15.9 Å². The lowest BCUT2D eigenvalue weighted by molar-refractivity contribution is 0.0735. The van der Waals surface area contributed by atoms with E-state index in [4.69, 9.17) is 4.74 Å². The maximum absolute atomic E-state index is 12.1. The van der Waals surface area contributed by atoms with Crippen molar-refractivity contribution < 1.29 is 9.53 Å². The Bertz CT molecular complexity index is 1110. The zero-order chi connectivity index (χ0) is 19.3. The van der Waals surface area contributed by atoms with Crippen LogP contribution in [0.25, 0.3) is 10.2 Å². The van der Waals surface area contributed by atoms with E-state index in [1.165, 1.54) is 0 Å². The largest absolute Gasteiger partial charge is 0.423 e. The Kier molecular flexibility index (Phi) is 5.45. The number of carbonyl (C=O) groups is 1. The van der Waals surface area contributed by atoms with Gasteiger partial charge in [0.15, 0.2) is 0 Å². The van der Waals surface area contributed by atoms with Crippen LogP contribution in [0.4, 0.5) is 5.13 Å². The van der Waals surface area contributed by atoms with Gasteiger partial charge in [-0.15, -0.1) is 0 Å². The van der Waals surface area contributed by atoms with E-state index in [1.807, 2.05) is 36.4 Å². The lowest BCUT2D eigenvalue weighted by atomic mass is 10.2. The molecule has 1 N–H and O–H groups in total. The molecule has 0 aliphatic heterocycles. The normalized spacial score (nSPS) is 11.0. The second-order valence-electron chi connectivity index (χ2n) is 5.82. The van der Waals surface area contributed by atoms with Crippen molar-refractivity contribution in [1.82, 2.24) is 4.98 Å². The van der Waals surface area contributed by atoms with Gasteiger partial charge in [-0.25, -0.2) is 9.78 Å². The van der Waals surface area contributed by atoms with Gasteiger partial charge >= 0.3 is 5.97 Å². The molecule has 4 aromatic rings. The molecule has 0 aliphatic carbocycles. The SMILES string of the molecule is O=C(Oc1ccc(/C=N\Nc2nc3ccccc3s2)cc1)c1ccc(Br)cc1. The molecule has 0 atom stereocenters. The fourth-order valence-electron chi connectivity index (χ4n) is 2.46. The number of rotatable bonds is 5. The summed E-state index contributed by atoms with van der Waals surface area (Å²) in [6, 6.07) is 22.1. The van der Waals surface area contributed by atoms with Crippen molar-refractivity contribution in [3.63, 3.8) is 0 Å². The molecule has 0 radical (unpaired) electrons. The van der Waals surface area contributed by atoms with Crippen molar-refractivity contribution >= 4 is 54.8 Å². The first-order valence-electron chi connectivity index (χ1n) is 8.40. The van der Waals surface area contributed by atoms with Gasteiger partial charge in [0, 0.05) is 4.47 Å². The van der Waals surface area contributed by atoms with Crippen LogP contribution in [0.2, 0.25) is 0 Å². The molecule has 0 saturated heterocycles. The molecule has 28 heavy (non-hydrogen) atoms. The summed E-state index contributed by atoms with van der Waals surface area (Å²) in [6.45, 7) is 0. The van der Waals surface area contributed by atoms with E-state index in [9.17, 15) is 4.79 Å². The highest BCUT2D eigenvalue weighted by Crippen LogP contribution is 2.25. The lowest BCUT2D eigenvalue weighted by Crippen LogP contribution is -2.08. The lowest BCUT2D eigenvalue weighted by Gasteiger charge is -2.04. The summed E-state index contributed by atoms with van der Waals surface area (Å²) >= 11 is 4.88. The number of hydrogen-bond donors (Lipinski definition) is 1. The monoisotopic (exact) mass is 451 g/mol. The van der Waals surface area contributed by atoms with Crippen LogP contribution in [0.15, 0.2) is 82.4 Å². The van der Waals surface area contributed by atoms with Gasteiger partial charge in [0.05, 0.1) is 22.0 Å². The minimum atomic E-state index is -0.397. The Balaban J connectivity index is 1.36. The van der Waals surface area contributed by atoms with Gasteiger partial charge in [-0.05, 0) is 66.2 Å². The zero-order valence-electron chi connectivity index (χ0n) is 14.5. The topological polar surface area (TPSA) is 63.6 Å². The number of fused-ring (bicyclic) bond motifs is 1. The van der Waals surface area contributed by atoms with Crippen LogP contribution >= 0.6 is 27.3 Å². The first-order chi connectivity index (χ1) is 13.7. The molecule has 0 aliphatic rings. The number of benzene rings is 3. The van der Waals surface area contributed by atoms with Crippen LogP contribution in [0.5, 0.6) is 5.75 Å².